The molecular formula is C20H19ClN4O3. The molecule has 7 nitrogen and oxygen atoms in total. The van der Waals surface area contributed by atoms with Crippen LogP contribution in [-0.2, 0) is 6.54 Å². The van der Waals surface area contributed by atoms with Crippen molar-refractivity contribution in [3.05, 3.63) is 91.6 Å². The number of anilines is 2. The monoisotopic (exact) mass is 398 g/mol. The number of H-pyrrole nitrogens is 1. The molecule has 3 N–H and O–H groups in total. The molecule has 1 aromatic heterocycles. The summed E-state index contributed by atoms with van der Waals surface area (Å²) in [6.07, 6.45) is 0. The molecule has 144 valence electrons. The molecule has 0 saturated heterocycles. The van der Waals surface area contributed by atoms with Crippen molar-refractivity contribution in [1.29, 1.82) is 0 Å². The first-order valence-electron chi connectivity index (χ1n) is 8.67. The number of nitrogen functional groups attached to an aromatic ring is 1. The summed E-state index contributed by atoms with van der Waals surface area (Å²) in [7, 11) is 0. The van der Waals surface area contributed by atoms with Gasteiger partial charge in [0.2, 0.25) is 0 Å². The van der Waals surface area contributed by atoms with Crippen LogP contribution in [0.3, 0.4) is 0 Å². The van der Waals surface area contributed by atoms with Crippen molar-refractivity contribution in [2.45, 2.75) is 13.5 Å². The van der Waals surface area contributed by atoms with Crippen LogP contribution in [0, 0.1) is 0 Å². The van der Waals surface area contributed by atoms with E-state index in [-0.39, 0.29) is 35.2 Å². The molecule has 0 spiro atoms. The Bertz CT molecular complexity index is 1120. The topological polar surface area (TPSA) is 101 Å². The van der Waals surface area contributed by atoms with Gasteiger partial charge in [-0.2, -0.15) is 0 Å². The number of hydrogen-bond acceptors (Lipinski definition) is 4. The lowest BCUT2D eigenvalue weighted by molar-refractivity contribution is 0.0988. The van der Waals surface area contributed by atoms with Gasteiger partial charge in [0, 0.05) is 6.54 Å². The van der Waals surface area contributed by atoms with Gasteiger partial charge >= 0.3 is 5.69 Å². The Labute approximate surface area is 166 Å². The van der Waals surface area contributed by atoms with Gasteiger partial charge in [0.25, 0.3) is 11.5 Å². The van der Waals surface area contributed by atoms with E-state index in [0.717, 1.165) is 5.56 Å². The van der Waals surface area contributed by atoms with E-state index in [2.05, 4.69) is 4.98 Å². The zero-order valence-electron chi connectivity index (χ0n) is 15.2. The average Bonchev–Trinajstić information content (AvgIpc) is 2.69. The number of nitrogens with two attached hydrogens (primary N) is 1. The molecule has 0 unspecified atom stereocenters. The van der Waals surface area contributed by atoms with Crippen LogP contribution in [0.25, 0.3) is 0 Å². The zero-order chi connectivity index (χ0) is 20.3. The fourth-order valence-electron chi connectivity index (χ4n) is 2.94. The lowest BCUT2D eigenvalue weighted by Crippen LogP contribution is -2.41. The molecule has 0 bridgehead atoms. The number of carbonyl (C=O) groups is 1. The molecule has 0 radical (unpaired) electrons. The second-order valence-corrected chi connectivity index (χ2v) is 6.50. The van der Waals surface area contributed by atoms with E-state index in [1.807, 2.05) is 30.3 Å². The number of rotatable bonds is 5. The number of hydrogen-bond donors (Lipinski definition) is 2. The summed E-state index contributed by atoms with van der Waals surface area (Å²) in [4.78, 5) is 41.3. The van der Waals surface area contributed by atoms with Gasteiger partial charge in [-0.05, 0) is 24.6 Å². The predicted octanol–water partition coefficient (Wildman–Crippen LogP) is 2.49. The van der Waals surface area contributed by atoms with Crippen LogP contribution in [0.5, 0.6) is 0 Å². The van der Waals surface area contributed by atoms with Crippen LogP contribution in [0.15, 0.2) is 64.2 Å². The van der Waals surface area contributed by atoms with Gasteiger partial charge in [-0.1, -0.05) is 54.1 Å². The molecule has 0 saturated carbocycles. The highest BCUT2D eigenvalue weighted by atomic mass is 35.5. The second kappa shape index (κ2) is 8.14. The van der Waals surface area contributed by atoms with Gasteiger partial charge in [0.1, 0.15) is 5.82 Å². The molecule has 0 aliphatic rings. The third-order valence-corrected chi connectivity index (χ3v) is 4.66. The quantitative estimate of drug-likeness (QED) is 0.689. The summed E-state index contributed by atoms with van der Waals surface area (Å²) in [5, 5.41) is 0.263. The second-order valence-electron chi connectivity index (χ2n) is 6.09. The van der Waals surface area contributed by atoms with Crippen molar-refractivity contribution in [2.24, 2.45) is 0 Å². The molecule has 2 aromatic carbocycles. The van der Waals surface area contributed by atoms with Gasteiger partial charge in [-0.25, -0.2) is 4.79 Å². The number of aromatic amines is 1. The van der Waals surface area contributed by atoms with Crippen molar-refractivity contribution in [1.82, 2.24) is 9.55 Å². The molecule has 1 heterocycles. The molecular weight excluding hydrogens is 380 g/mol. The predicted molar refractivity (Wildman–Crippen MR) is 110 cm³/mol. The first-order chi connectivity index (χ1) is 13.4. The van der Waals surface area contributed by atoms with Crippen LogP contribution in [0.2, 0.25) is 5.02 Å². The number of carbonyl (C=O) groups excluding carboxylic acids is 1. The highest BCUT2D eigenvalue weighted by Gasteiger charge is 2.25. The molecule has 3 rings (SSSR count). The largest absolute Gasteiger partial charge is 0.383 e. The first kappa shape index (κ1) is 19.4. The van der Waals surface area contributed by atoms with Gasteiger partial charge in [-0.15, -0.1) is 0 Å². The molecule has 0 aliphatic carbocycles. The molecule has 0 fully saturated rings. The number of nitrogens with one attached hydrogen (secondary N) is 1. The van der Waals surface area contributed by atoms with E-state index in [9.17, 15) is 14.4 Å². The van der Waals surface area contributed by atoms with Crippen LogP contribution >= 0.6 is 11.6 Å². The zero-order valence-corrected chi connectivity index (χ0v) is 15.9. The summed E-state index contributed by atoms with van der Waals surface area (Å²) in [6.45, 7) is 2.04. The molecule has 8 heteroatoms. The van der Waals surface area contributed by atoms with Crippen molar-refractivity contribution in [3.63, 3.8) is 0 Å². The summed E-state index contributed by atoms with van der Waals surface area (Å²) >= 11 is 6.13. The third-order valence-electron chi connectivity index (χ3n) is 4.33. The molecule has 0 atom stereocenters. The lowest BCUT2D eigenvalue weighted by Gasteiger charge is -2.23. The van der Waals surface area contributed by atoms with Crippen molar-refractivity contribution >= 4 is 29.0 Å². The van der Waals surface area contributed by atoms with E-state index < -0.39 is 17.2 Å². The Kier molecular flexibility index (Phi) is 5.65. The Morgan fingerprint density at radius 1 is 1.11 bits per heavy atom. The van der Waals surface area contributed by atoms with Crippen LogP contribution < -0.4 is 21.9 Å². The Balaban J connectivity index is 2.11. The number of benzene rings is 2. The van der Waals surface area contributed by atoms with Gasteiger partial charge in [0.05, 0.1) is 17.1 Å². The van der Waals surface area contributed by atoms with E-state index in [1.54, 1.807) is 31.2 Å². The summed E-state index contributed by atoms with van der Waals surface area (Å²) in [5.74, 6) is -0.560. The Morgan fingerprint density at radius 2 is 1.75 bits per heavy atom. The first-order valence-corrected chi connectivity index (χ1v) is 9.04. The fourth-order valence-corrected chi connectivity index (χ4v) is 3.16. The van der Waals surface area contributed by atoms with Crippen molar-refractivity contribution in [2.75, 3.05) is 17.2 Å². The molecule has 1 amide bonds. The Hall–Kier alpha value is -3.32. The maximum Gasteiger partial charge on any atom is 0.330 e. The molecule has 0 aliphatic heterocycles. The smallest absolute Gasteiger partial charge is 0.330 e. The Morgan fingerprint density at radius 3 is 2.39 bits per heavy atom. The fraction of sp³-hybridized carbons (Fsp3) is 0.150. The maximum absolute atomic E-state index is 13.0. The highest BCUT2D eigenvalue weighted by molar-refractivity contribution is 6.34. The third kappa shape index (κ3) is 3.70. The van der Waals surface area contributed by atoms with E-state index >= 15 is 0 Å². The number of amides is 1. The minimum atomic E-state index is -0.728. The summed E-state index contributed by atoms with van der Waals surface area (Å²) < 4.78 is 1.23. The number of nitrogens with zero attached hydrogens (tertiary/aromatic N) is 2. The van der Waals surface area contributed by atoms with Gasteiger partial charge < -0.3 is 10.6 Å². The minimum absolute atomic E-state index is 0.0806. The van der Waals surface area contributed by atoms with Crippen molar-refractivity contribution in [3.8, 4) is 0 Å². The van der Waals surface area contributed by atoms with Crippen LogP contribution in [0.1, 0.15) is 22.8 Å². The highest BCUT2D eigenvalue weighted by Crippen LogP contribution is 2.23. The van der Waals surface area contributed by atoms with Crippen LogP contribution in [0.4, 0.5) is 11.5 Å². The van der Waals surface area contributed by atoms with Gasteiger partial charge in [-0.3, -0.25) is 19.1 Å². The number of halogens is 1. The van der Waals surface area contributed by atoms with Crippen molar-refractivity contribution < 1.29 is 4.79 Å². The standard InChI is InChI=1S/C20H19ClN4O3/c1-2-24(19(27)14-10-6-7-11-15(14)21)16-17(22)25(20(28)23-18(16)26)12-13-8-4-3-5-9-13/h3-11H,2,12,22H2,1H3,(H,23,26,28). The lowest BCUT2D eigenvalue weighted by atomic mass is 10.2. The van der Waals surface area contributed by atoms with E-state index in [1.165, 1.54) is 9.47 Å². The SMILES string of the molecule is CCN(C(=O)c1ccccc1Cl)c1c(N)n(Cc2ccccc2)c(=O)[nH]c1=O. The summed E-state index contributed by atoms with van der Waals surface area (Å²) in [6, 6.07) is 15.7. The average molecular weight is 399 g/mol. The van der Waals surface area contributed by atoms with E-state index in [0.29, 0.717) is 0 Å². The molecule has 28 heavy (non-hydrogen) atoms. The summed E-state index contributed by atoms with van der Waals surface area (Å²) in [5.41, 5.74) is 5.80. The maximum atomic E-state index is 13.0. The normalized spacial score (nSPS) is 10.6. The number of aromatic nitrogens is 2. The minimum Gasteiger partial charge on any atom is -0.383 e. The van der Waals surface area contributed by atoms with E-state index in [4.69, 9.17) is 17.3 Å². The van der Waals surface area contributed by atoms with Crippen LogP contribution in [-0.4, -0.2) is 22.0 Å². The molecule has 3 aromatic rings. The van der Waals surface area contributed by atoms with Gasteiger partial charge in [0.15, 0.2) is 5.69 Å².